The van der Waals surface area contributed by atoms with E-state index >= 15 is 0 Å². The van der Waals surface area contributed by atoms with E-state index in [4.69, 9.17) is 4.74 Å². The number of aliphatic carboxylic acids is 1. The molecule has 0 bridgehead atoms. The molecule has 0 aliphatic rings. The summed E-state index contributed by atoms with van der Waals surface area (Å²) < 4.78 is 5.94. The highest BCUT2D eigenvalue weighted by molar-refractivity contribution is 5.70. The summed E-state index contributed by atoms with van der Waals surface area (Å²) in [6.07, 6.45) is 18.8. The second-order valence-corrected chi connectivity index (χ2v) is 10.8. The molecule has 190 valence electrons. The number of quaternary nitrogens is 1. The number of carbonyl (C=O) groups excluding carboxylic acids is 2. The maximum atomic E-state index is 12.1. The summed E-state index contributed by atoms with van der Waals surface area (Å²) in [6, 6.07) is 0. The van der Waals surface area contributed by atoms with E-state index < -0.39 is 12.1 Å². The predicted molar refractivity (Wildman–Crippen MR) is 131 cm³/mol. The van der Waals surface area contributed by atoms with Gasteiger partial charge in [0.1, 0.15) is 6.54 Å². The number of esters is 1. The fourth-order valence-corrected chi connectivity index (χ4v) is 4.25. The molecule has 0 spiro atoms. The number of rotatable bonds is 22. The number of nitrogens with zero attached hydrogens (tertiary/aromatic N) is 1. The predicted octanol–water partition coefficient (Wildman–Crippen LogP) is 5.64. The van der Waals surface area contributed by atoms with Crippen LogP contribution in [-0.2, 0) is 14.3 Å². The van der Waals surface area contributed by atoms with E-state index in [0.29, 0.717) is 17.4 Å². The third-order valence-corrected chi connectivity index (χ3v) is 6.07. The minimum atomic E-state index is -1.17. The van der Waals surface area contributed by atoms with Crippen LogP contribution in [-0.4, -0.2) is 50.2 Å². The molecular formula is C27H53NO4. The van der Waals surface area contributed by atoms with Gasteiger partial charge in [-0.3, -0.25) is 4.79 Å². The Labute approximate surface area is 198 Å². The summed E-state index contributed by atoms with van der Waals surface area (Å²) in [7, 11) is 5.85. The molecule has 0 saturated heterocycles. The molecule has 0 aliphatic carbocycles. The van der Waals surface area contributed by atoms with Crippen LogP contribution >= 0.6 is 0 Å². The quantitative estimate of drug-likeness (QED) is 0.120. The van der Waals surface area contributed by atoms with Gasteiger partial charge >= 0.3 is 5.97 Å². The number of likely N-dealkylation sites (N-methyl/N-ethyl adjacent to an activating group) is 1. The average Bonchev–Trinajstić information content (AvgIpc) is 2.67. The van der Waals surface area contributed by atoms with Crippen molar-refractivity contribution in [3.05, 3.63) is 0 Å². The van der Waals surface area contributed by atoms with Gasteiger partial charge in [0.25, 0.3) is 0 Å². The molecule has 2 unspecified atom stereocenters. The van der Waals surface area contributed by atoms with Crippen molar-refractivity contribution in [2.75, 3.05) is 27.7 Å². The fraction of sp³-hybridized carbons (Fsp3) is 0.926. The van der Waals surface area contributed by atoms with Crippen LogP contribution < -0.4 is 5.11 Å². The minimum Gasteiger partial charge on any atom is -0.550 e. The molecule has 5 nitrogen and oxygen atoms in total. The average molecular weight is 456 g/mol. The van der Waals surface area contributed by atoms with Gasteiger partial charge in [0, 0.05) is 18.8 Å². The second-order valence-electron chi connectivity index (χ2n) is 10.8. The highest BCUT2D eigenvalue weighted by Gasteiger charge is 2.22. The number of carbonyl (C=O) groups is 2. The molecule has 0 rings (SSSR count). The first kappa shape index (κ1) is 30.9. The first-order valence-electron chi connectivity index (χ1n) is 13.3. The molecule has 32 heavy (non-hydrogen) atoms. The first-order chi connectivity index (χ1) is 15.1. The molecular weight excluding hydrogens is 402 g/mol. The topological polar surface area (TPSA) is 66.4 Å². The molecule has 2 atom stereocenters. The molecule has 0 aromatic rings. The standard InChI is InChI=1S/C27H53NO4/c1-6-7-8-9-10-11-13-16-19-24(2)20-17-14-12-15-18-21-27(31)32-25(22-26(29)30)23-28(3,4)5/h24-25H,6-23H2,1-5H3. The van der Waals surface area contributed by atoms with Gasteiger partial charge in [0.05, 0.1) is 21.1 Å². The van der Waals surface area contributed by atoms with Crippen molar-refractivity contribution in [3.8, 4) is 0 Å². The van der Waals surface area contributed by atoms with Crippen molar-refractivity contribution in [2.24, 2.45) is 5.92 Å². The molecule has 0 N–H and O–H groups in total. The monoisotopic (exact) mass is 455 g/mol. The van der Waals surface area contributed by atoms with Gasteiger partial charge in [-0.2, -0.15) is 0 Å². The lowest BCUT2D eigenvalue weighted by atomic mass is 9.96. The Kier molecular flexibility index (Phi) is 18.7. The van der Waals surface area contributed by atoms with Crippen LogP contribution in [0.4, 0.5) is 0 Å². The van der Waals surface area contributed by atoms with Crippen molar-refractivity contribution < 1.29 is 23.9 Å². The Morgan fingerprint density at radius 2 is 1.25 bits per heavy atom. The van der Waals surface area contributed by atoms with E-state index in [0.717, 1.165) is 25.2 Å². The van der Waals surface area contributed by atoms with Crippen LogP contribution in [0.5, 0.6) is 0 Å². The zero-order chi connectivity index (χ0) is 24.2. The van der Waals surface area contributed by atoms with E-state index in [1.165, 1.54) is 77.0 Å². The van der Waals surface area contributed by atoms with Crippen LogP contribution in [0.15, 0.2) is 0 Å². The number of hydrogen-bond acceptors (Lipinski definition) is 4. The van der Waals surface area contributed by atoms with Crippen LogP contribution in [0.3, 0.4) is 0 Å². The smallest absolute Gasteiger partial charge is 0.306 e. The number of unbranched alkanes of at least 4 members (excludes halogenated alkanes) is 11. The minimum absolute atomic E-state index is 0.238. The highest BCUT2D eigenvalue weighted by Crippen LogP contribution is 2.19. The van der Waals surface area contributed by atoms with Crippen LogP contribution in [0, 0.1) is 5.92 Å². The van der Waals surface area contributed by atoms with E-state index in [1.807, 2.05) is 21.1 Å². The van der Waals surface area contributed by atoms with Crippen molar-refractivity contribution in [3.63, 3.8) is 0 Å². The third kappa shape index (κ3) is 22.1. The maximum absolute atomic E-state index is 12.1. The largest absolute Gasteiger partial charge is 0.550 e. The summed E-state index contributed by atoms with van der Waals surface area (Å²) in [5.74, 6) is -0.636. The lowest BCUT2D eigenvalue weighted by Gasteiger charge is -2.29. The van der Waals surface area contributed by atoms with E-state index in [9.17, 15) is 14.7 Å². The third-order valence-electron chi connectivity index (χ3n) is 6.07. The molecule has 0 saturated carbocycles. The summed E-state index contributed by atoms with van der Waals surface area (Å²) in [4.78, 5) is 23.0. The lowest BCUT2D eigenvalue weighted by molar-refractivity contribution is -0.873. The summed E-state index contributed by atoms with van der Waals surface area (Å²) in [5, 5.41) is 10.9. The fourth-order valence-electron chi connectivity index (χ4n) is 4.25. The van der Waals surface area contributed by atoms with Crippen molar-refractivity contribution in [2.45, 2.75) is 129 Å². The molecule has 0 heterocycles. The van der Waals surface area contributed by atoms with Crippen LogP contribution in [0.2, 0.25) is 0 Å². The summed E-state index contributed by atoms with van der Waals surface area (Å²) in [5.41, 5.74) is 0. The molecule has 0 aromatic carbocycles. The van der Waals surface area contributed by atoms with Crippen molar-refractivity contribution in [1.82, 2.24) is 0 Å². The number of ether oxygens (including phenoxy) is 1. The Morgan fingerprint density at radius 1 is 0.781 bits per heavy atom. The van der Waals surface area contributed by atoms with Gasteiger partial charge in [-0.15, -0.1) is 0 Å². The normalized spacial score (nSPS) is 13.7. The summed E-state index contributed by atoms with van der Waals surface area (Å²) in [6.45, 7) is 5.12. The zero-order valence-electron chi connectivity index (χ0n) is 22.0. The van der Waals surface area contributed by atoms with Gasteiger partial charge in [-0.1, -0.05) is 104 Å². The maximum Gasteiger partial charge on any atom is 0.306 e. The molecule has 0 aromatic heterocycles. The zero-order valence-corrected chi connectivity index (χ0v) is 22.0. The van der Waals surface area contributed by atoms with Crippen molar-refractivity contribution in [1.29, 1.82) is 0 Å². The lowest BCUT2D eigenvalue weighted by Crippen LogP contribution is -2.45. The van der Waals surface area contributed by atoms with E-state index in [2.05, 4.69) is 13.8 Å². The number of carboxylic acids is 1. The first-order valence-corrected chi connectivity index (χ1v) is 13.3. The van der Waals surface area contributed by atoms with Gasteiger partial charge < -0.3 is 19.1 Å². The number of carboxylic acid groups (broad SMARTS) is 1. The Hall–Kier alpha value is -1.10. The highest BCUT2D eigenvalue weighted by atomic mass is 16.5. The van der Waals surface area contributed by atoms with Crippen molar-refractivity contribution >= 4 is 11.9 Å². The second kappa shape index (κ2) is 19.4. The molecule has 0 radical (unpaired) electrons. The van der Waals surface area contributed by atoms with Gasteiger partial charge in [-0.05, 0) is 12.3 Å². The van der Waals surface area contributed by atoms with Crippen LogP contribution in [0.25, 0.3) is 0 Å². The molecule has 0 amide bonds. The Morgan fingerprint density at radius 3 is 1.72 bits per heavy atom. The van der Waals surface area contributed by atoms with E-state index in [1.54, 1.807) is 0 Å². The SMILES string of the molecule is CCCCCCCCCCC(C)CCCCCCCC(=O)OC(CC(=O)[O-])C[N+](C)(C)C. The van der Waals surface area contributed by atoms with Gasteiger partial charge in [0.2, 0.25) is 0 Å². The van der Waals surface area contributed by atoms with E-state index in [-0.39, 0.29) is 12.4 Å². The Bertz CT molecular complexity index is 473. The summed E-state index contributed by atoms with van der Waals surface area (Å²) >= 11 is 0. The molecule has 0 aliphatic heterocycles. The molecule has 0 fully saturated rings. The Balaban J connectivity index is 3.66. The van der Waals surface area contributed by atoms with Gasteiger partial charge in [0.15, 0.2) is 6.10 Å². The van der Waals surface area contributed by atoms with Crippen LogP contribution in [0.1, 0.15) is 123 Å². The number of hydrogen-bond donors (Lipinski definition) is 0. The molecule has 5 heteroatoms. The van der Waals surface area contributed by atoms with Gasteiger partial charge in [-0.25, -0.2) is 0 Å².